The molecule has 136 valence electrons. The Morgan fingerprint density at radius 1 is 1.31 bits per heavy atom. The van der Waals surface area contributed by atoms with Crippen molar-refractivity contribution in [3.8, 4) is 11.4 Å². The minimum absolute atomic E-state index is 0.115. The van der Waals surface area contributed by atoms with E-state index in [2.05, 4.69) is 19.9 Å². The van der Waals surface area contributed by atoms with Crippen molar-refractivity contribution in [1.82, 2.24) is 19.7 Å². The first-order valence-electron chi connectivity index (χ1n) is 6.54. The Kier molecular flexibility index (Phi) is 4.69. The number of thiazole rings is 1. The zero-order chi connectivity index (χ0) is 18.9. The number of ether oxygens (including phenoxy) is 1. The summed E-state index contributed by atoms with van der Waals surface area (Å²) in [4.78, 5) is 25.9. The lowest BCUT2D eigenvalue weighted by Gasteiger charge is -2.09. The van der Waals surface area contributed by atoms with Crippen LogP contribution in [0.25, 0.3) is 5.69 Å². The van der Waals surface area contributed by atoms with E-state index < -0.39 is 22.7 Å². The maximum absolute atomic E-state index is 12.2. The zero-order valence-corrected chi connectivity index (χ0v) is 13.9. The Morgan fingerprint density at radius 3 is 2.58 bits per heavy atom. The molecule has 0 fully saturated rings. The van der Waals surface area contributed by atoms with Crippen LogP contribution in [0.5, 0.6) is 5.75 Å². The molecule has 0 atom stereocenters. The van der Waals surface area contributed by atoms with Crippen LogP contribution in [-0.4, -0.2) is 31.0 Å². The van der Waals surface area contributed by atoms with E-state index in [9.17, 15) is 28.1 Å². The highest BCUT2D eigenvalue weighted by Gasteiger charge is 2.31. The molecule has 3 aromatic rings. The van der Waals surface area contributed by atoms with Gasteiger partial charge in [-0.2, -0.15) is 0 Å². The number of nitro groups is 1. The fourth-order valence-electron chi connectivity index (χ4n) is 1.84. The third-order valence-electron chi connectivity index (χ3n) is 2.80. The predicted octanol–water partition coefficient (Wildman–Crippen LogP) is 2.98. The van der Waals surface area contributed by atoms with Crippen LogP contribution in [0.1, 0.15) is 0 Å². The molecule has 0 aliphatic heterocycles. The summed E-state index contributed by atoms with van der Waals surface area (Å²) >= 11 is 1.69. The highest BCUT2D eigenvalue weighted by molar-refractivity contribution is 8.00. The number of nitrogens with zero attached hydrogens (tertiary/aromatic N) is 4. The van der Waals surface area contributed by atoms with Crippen molar-refractivity contribution in [2.24, 2.45) is 0 Å². The minimum Gasteiger partial charge on any atom is -0.406 e. The van der Waals surface area contributed by atoms with Crippen LogP contribution in [0.3, 0.4) is 0 Å². The number of benzene rings is 1. The van der Waals surface area contributed by atoms with E-state index in [4.69, 9.17) is 0 Å². The summed E-state index contributed by atoms with van der Waals surface area (Å²) in [5, 5.41) is 16.6. The lowest BCUT2D eigenvalue weighted by Crippen LogP contribution is -2.18. The second-order valence-electron chi connectivity index (χ2n) is 4.51. The number of rotatable bonds is 5. The quantitative estimate of drug-likeness (QED) is 0.512. The van der Waals surface area contributed by atoms with Crippen molar-refractivity contribution >= 4 is 28.1 Å². The van der Waals surface area contributed by atoms with Gasteiger partial charge in [-0.1, -0.05) is 0 Å². The van der Waals surface area contributed by atoms with Gasteiger partial charge in [0.1, 0.15) is 11.9 Å². The molecule has 0 aliphatic carbocycles. The maximum atomic E-state index is 12.2. The lowest BCUT2D eigenvalue weighted by atomic mass is 10.3. The van der Waals surface area contributed by atoms with Crippen LogP contribution in [0.15, 0.2) is 44.8 Å². The van der Waals surface area contributed by atoms with Gasteiger partial charge in [-0.25, -0.2) is 19.4 Å². The van der Waals surface area contributed by atoms with Crippen molar-refractivity contribution in [3.05, 3.63) is 51.1 Å². The number of hydrogen-bond donors (Lipinski definition) is 1. The first kappa shape index (κ1) is 17.9. The molecule has 0 aliphatic rings. The second kappa shape index (κ2) is 6.80. The van der Waals surface area contributed by atoms with Gasteiger partial charge >= 0.3 is 17.1 Å². The summed E-state index contributed by atoms with van der Waals surface area (Å²) in [6, 6.07) is 4.58. The molecule has 0 saturated carbocycles. The summed E-state index contributed by atoms with van der Waals surface area (Å²) in [5.74, 6) is -0.442. The minimum atomic E-state index is -4.82. The molecule has 1 N–H and O–H groups in total. The molecule has 0 radical (unpaired) electrons. The standard InChI is InChI=1S/C12H6F3N5O4S2/c13-12(14,15)24-7-3-1-6(2-4-7)19-9(21)17-18-10(19)26-11-16-5-8(25-11)20(22)23/h1-5H,(H,17,21). The van der Waals surface area contributed by atoms with Gasteiger partial charge in [-0.05, 0) is 47.4 Å². The normalized spacial score (nSPS) is 11.5. The third kappa shape index (κ3) is 4.02. The Labute approximate surface area is 149 Å². The molecular formula is C12H6F3N5O4S2. The van der Waals surface area contributed by atoms with Crippen LogP contribution in [-0.2, 0) is 0 Å². The number of hydrogen-bond acceptors (Lipinski definition) is 8. The largest absolute Gasteiger partial charge is 0.573 e. The van der Waals surface area contributed by atoms with Gasteiger partial charge in [-0.3, -0.25) is 10.1 Å². The summed E-state index contributed by atoms with van der Waals surface area (Å²) in [7, 11) is 0. The SMILES string of the molecule is O=c1[nH]nc(Sc2ncc([N+](=O)[O-])s2)n1-c1ccc(OC(F)(F)F)cc1. The molecule has 0 saturated heterocycles. The molecule has 3 rings (SSSR count). The number of aromatic amines is 1. The summed E-state index contributed by atoms with van der Waals surface area (Å²) < 4.78 is 41.7. The van der Waals surface area contributed by atoms with Crippen molar-refractivity contribution in [2.75, 3.05) is 0 Å². The topological polar surface area (TPSA) is 116 Å². The average Bonchev–Trinajstić information content (AvgIpc) is 3.15. The van der Waals surface area contributed by atoms with E-state index in [1.807, 2.05) is 0 Å². The van der Waals surface area contributed by atoms with Gasteiger partial charge in [0.25, 0.3) is 0 Å². The van der Waals surface area contributed by atoms with E-state index >= 15 is 0 Å². The molecular weight excluding hydrogens is 399 g/mol. The highest BCUT2D eigenvalue weighted by Crippen LogP contribution is 2.33. The summed E-state index contributed by atoms with van der Waals surface area (Å²) in [5.41, 5.74) is -0.408. The number of H-pyrrole nitrogens is 1. The fourth-order valence-corrected chi connectivity index (χ4v) is 3.58. The van der Waals surface area contributed by atoms with Gasteiger partial charge < -0.3 is 4.74 Å². The Hall–Kier alpha value is -2.87. The molecule has 26 heavy (non-hydrogen) atoms. The molecule has 0 unspecified atom stereocenters. The summed E-state index contributed by atoms with van der Waals surface area (Å²) in [6.45, 7) is 0. The van der Waals surface area contributed by atoms with Gasteiger partial charge in [0, 0.05) is 0 Å². The van der Waals surface area contributed by atoms with Crippen molar-refractivity contribution < 1.29 is 22.8 Å². The third-order valence-corrected chi connectivity index (χ3v) is 4.78. The van der Waals surface area contributed by atoms with Crippen molar-refractivity contribution in [3.63, 3.8) is 0 Å². The maximum Gasteiger partial charge on any atom is 0.573 e. The Bertz CT molecular complexity index is 995. The van der Waals surface area contributed by atoms with Crippen LogP contribution in [0.2, 0.25) is 0 Å². The first-order valence-corrected chi connectivity index (χ1v) is 8.18. The molecule has 2 heterocycles. The Balaban J connectivity index is 1.87. The number of alkyl halides is 3. The van der Waals surface area contributed by atoms with Crippen LogP contribution >= 0.6 is 23.1 Å². The van der Waals surface area contributed by atoms with E-state index in [0.29, 0.717) is 0 Å². The molecule has 0 bridgehead atoms. The average molecular weight is 405 g/mol. The Morgan fingerprint density at radius 2 is 2.00 bits per heavy atom. The number of nitrogens with one attached hydrogen (secondary N) is 1. The van der Waals surface area contributed by atoms with Gasteiger partial charge in [0.05, 0.1) is 10.6 Å². The lowest BCUT2D eigenvalue weighted by molar-refractivity contribution is -0.380. The molecule has 0 spiro atoms. The fraction of sp³-hybridized carbons (Fsp3) is 0.0833. The van der Waals surface area contributed by atoms with E-state index in [0.717, 1.165) is 46.0 Å². The van der Waals surface area contributed by atoms with Crippen LogP contribution < -0.4 is 10.4 Å². The molecule has 14 heteroatoms. The molecule has 9 nitrogen and oxygen atoms in total. The van der Waals surface area contributed by atoms with Crippen molar-refractivity contribution in [2.45, 2.75) is 15.9 Å². The van der Waals surface area contributed by atoms with Crippen molar-refractivity contribution in [1.29, 1.82) is 0 Å². The second-order valence-corrected chi connectivity index (χ2v) is 6.74. The number of aromatic nitrogens is 4. The van der Waals surface area contributed by atoms with Crippen LogP contribution in [0, 0.1) is 10.1 Å². The molecule has 1 aromatic carbocycles. The zero-order valence-electron chi connectivity index (χ0n) is 12.3. The monoisotopic (exact) mass is 405 g/mol. The van der Waals surface area contributed by atoms with Gasteiger partial charge in [0.2, 0.25) is 5.16 Å². The van der Waals surface area contributed by atoms with E-state index in [1.54, 1.807) is 0 Å². The predicted molar refractivity (Wildman–Crippen MR) is 83.8 cm³/mol. The van der Waals surface area contributed by atoms with E-state index in [1.165, 1.54) is 12.1 Å². The van der Waals surface area contributed by atoms with Gasteiger partial charge in [0.15, 0.2) is 4.34 Å². The van der Waals surface area contributed by atoms with E-state index in [-0.39, 0.29) is 20.2 Å². The molecule has 0 amide bonds. The number of halogens is 3. The smallest absolute Gasteiger partial charge is 0.406 e. The molecule has 2 aromatic heterocycles. The van der Waals surface area contributed by atoms with Crippen LogP contribution in [0.4, 0.5) is 18.2 Å². The first-order chi connectivity index (χ1) is 12.2. The van der Waals surface area contributed by atoms with Gasteiger partial charge in [-0.15, -0.1) is 18.3 Å². The summed E-state index contributed by atoms with van der Waals surface area (Å²) in [6.07, 6.45) is -3.75. The highest BCUT2D eigenvalue weighted by atomic mass is 32.2.